The summed E-state index contributed by atoms with van der Waals surface area (Å²) in [6.07, 6.45) is 5.56. The molecule has 3 rings (SSSR count). The fourth-order valence-electron chi connectivity index (χ4n) is 4.73. The van der Waals surface area contributed by atoms with Crippen molar-refractivity contribution >= 4 is 17.4 Å². The summed E-state index contributed by atoms with van der Waals surface area (Å²) < 4.78 is 0. The second-order valence-corrected chi connectivity index (χ2v) is 9.31. The van der Waals surface area contributed by atoms with Crippen molar-refractivity contribution in [2.45, 2.75) is 58.4 Å². The molecule has 0 aromatic heterocycles. The van der Waals surface area contributed by atoms with Gasteiger partial charge >= 0.3 is 0 Å². The van der Waals surface area contributed by atoms with E-state index in [1.807, 2.05) is 38.1 Å². The van der Waals surface area contributed by atoms with Gasteiger partial charge in [0.2, 0.25) is 5.91 Å². The van der Waals surface area contributed by atoms with Crippen molar-refractivity contribution < 1.29 is 9.59 Å². The van der Waals surface area contributed by atoms with E-state index in [1.165, 1.54) is 6.42 Å². The summed E-state index contributed by atoms with van der Waals surface area (Å²) in [6, 6.07) is 10.2. The van der Waals surface area contributed by atoms with Crippen LogP contribution in [-0.4, -0.2) is 55.4 Å². The maximum atomic E-state index is 12.3. The van der Waals surface area contributed by atoms with Crippen LogP contribution in [0.25, 0.3) is 0 Å². The number of amides is 1. The van der Waals surface area contributed by atoms with E-state index >= 15 is 0 Å². The van der Waals surface area contributed by atoms with Crippen LogP contribution < -0.4 is 10.2 Å². The number of piperazine rings is 1. The first kappa shape index (κ1) is 23.3. The monoisotopic (exact) mass is 424 g/mol. The van der Waals surface area contributed by atoms with Gasteiger partial charge in [0.15, 0.2) is 5.78 Å². The lowest BCUT2D eigenvalue weighted by atomic mass is 9.84. The molecule has 1 amide bonds. The summed E-state index contributed by atoms with van der Waals surface area (Å²) in [4.78, 5) is 28.8. The number of Topliss-reactive ketones (excluding diaryl/α,β-unsaturated/α-hetero) is 1. The molecule has 0 spiro atoms. The van der Waals surface area contributed by atoms with Crippen LogP contribution in [0.5, 0.6) is 0 Å². The molecule has 31 heavy (non-hydrogen) atoms. The van der Waals surface area contributed by atoms with Crippen molar-refractivity contribution in [1.29, 1.82) is 5.26 Å². The number of nitrogens with one attached hydrogen (secondary N) is 1. The first-order valence-corrected chi connectivity index (χ1v) is 11.7. The average Bonchev–Trinajstić information content (AvgIpc) is 2.78. The second-order valence-electron chi connectivity index (χ2n) is 9.31. The molecule has 0 radical (unpaired) electrons. The summed E-state index contributed by atoms with van der Waals surface area (Å²) in [7, 11) is 0. The Balaban J connectivity index is 1.38. The molecule has 6 heteroatoms. The van der Waals surface area contributed by atoms with E-state index in [4.69, 9.17) is 5.26 Å². The third kappa shape index (κ3) is 6.80. The van der Waals surface area contributed by atoms with Crippen LogP contribution in [0.15, 0.2) is 24.3 Å². The third-order valence-corrected chi connectivity index (χ3v) is 6.70. The van der Waals surface area contributed by atoms with Crippen molar-refractivity contribution in [2.24, 2.45) is 11.8 Å². The standard InChI is InChI=1S/C25H36N4O2/c1-19(2)25(31)21-4-3-5-23(18-21)29-16-14-28(15-17-29)13-11-20-6-8-22(9-7-20)27-24(30)10-12-26/h3-5,18-20,22H,6-11,13-17H2,1-2H3,(H,27,30)/t20-,22-. The van der Waals surface area contributed by atoms with Gasteiger partial charge < -0.3 is 10.2 Å². The Morgan fingerprint density at radius 2 is 1.84 bits per heavy atom. The van der Waals surface area contributed by atoms with E-state index < -0.39 is 0 Å². The van der Waals surface area contributed by atoms with Gasteiger partial charge in [-0.25, -0.2) is 0 Å². The van der Waals surface area contributed by atoms with Gasteiger partial charge in [-0.1, -0.05) is 26.0 Å². The number of carbonyl (C=O) groups is 2. The van der Waals surface area contributed by atoms with Crippen LogP contribution in [0.1, 0.15) is 62.7 Å². The maximum absolute atomic E-state index is 12.3. The quantitative estimate of drug-likeness (QED) is 0.645. The van der Waals surface area contributed by atoms with Gasteiger partial charge in [-0.15, -0.1) is 0 Å². The molecule has 1 N–H and O–H groups in total. The minimum Gasteiger partial charge on any atom is -0.369 e. The number of nitrogens with zero attached hydrogens (tertiary/aromatic N) is 3. The number of ketones is 1. The summed E-state index contributed by atoms with van der Waals surface area (Å²) in [5, 5.41) is 11.6. The Morgan fingerprint density at radius 3 is 2.48 bits per heavy atom. The first-order valence-electron chi connectivity index (χ1n) is 11.7. The molecule has 1 aromatic rings. The van der Waals surface area contributed by atoms with Crippen LogP contribution in [0, 0.1) is 23.2 Å². The van der Waals surface area contributed by atoms with E-state index in [-0.39, 0.29) is 30.1 Å². The fourth-order valence-corrected chi connectivity index (χ4v) is 4.73. The Hall–Kier alpha value is -2.39. The van der Waals surface area contributed by atoms with Gasteiger partial charge in [0.25, 0.3) is 0 Å². The van der Waals surface area contributed by atoms with Crippen molar-refractivity contribution in [3.05, 3.63) is 29.8 Å². The summed E-state index contributed by atoms with van der Waals surface area (Å²) >= 11 is 0. The molecule has 2 aliphatic rings. The number of anilines is 1. The molecule has 0 atom stereocenters. The lowest BCUT2D eigenvalue weighted by Gasteiger charge is -2.37. The van der Waals surface area contributed by atoms with Gasteiger partial charge in [0.05, 0.1) is 6.07 Å². The van der Waals surface area contributed by atoms with Crippen molar-refractivity contribution in [1.82, 2.24) is 10.2 Å². The van der Waals surface area contributed by atoms with Gasteiger partial charge in [-0.2, -0.15) is 5.26 Å². The smallest absolute Gasteiger partial charge is 0.234 e. The number of hydrogen-bond donors (Lipinski definition) is 1. The first-order chi connectivity index (χ1) is 15.0. The van der Waals surface area contributed by atoms with Crippen molar-refractivity contribution in [2.75, 3.05) is 37.6 Å². The zero-order chi connectivity index (χ0) is 22.2. The molecule has 168 valence electrons. The molecule has 1 aliphatic carbocycles. The zero-order valence-electron chi connectivity index (χ0n) is 19.0. The van der Waals surface area contributed by atoms with Crippen LogP contribution >= 0.6 is 0 Å². The fraction of sp³-hybridized carbons (Fsp3) is 0.640. The molecule has 0 unspecified atom stereocenters. The molecule has 0 bridgehead atoms. The SMILES string of the molecule is CC(C)C(=O)c1cccc(N2CCN(CC[C@H]3CC[C@H](NC(=O)CC#N)CC3)CC2)c1. The number of nitriles is 1. The van der Waals surface area contributed by atoms with Gasteiger partial charge in [0.1, 0.15) is 6.42 Å². The summed E-state index contributed by atoms with van der Waals surface area (Å²) in [6.45, 7) is 9.14. The Morgan fingerprint density at radius 1 is 1.13 bits per heavy atom. The molecule has 2 fully saturated rings. The Labute approximate surface area is 186 Å². The van der Waals surface area contributed by atoms with Gasteiger partial charge in [0, 0.05) is 49.4 Å². The third-order valence-electron chi connectivity index (χ3n) is 6.70. The zero-order valence-corrected chi connectivity index (χ0v) is 19.0. The van der Waals surface area contributed by atoms with Crippen LogP contribution in [0.3, 0.4) is 0 Å². The second kappa shape index (κ2) is 11.3. The molecule has 6 nitrogen and oxygen atoms in total. The van der Waals surface area contributed by atoms with E-state index in [2.05, 4.69) is 21.2 Å². The highest BCUT2D eigenvalue weighted by Gasteiger charge is 2.24. The molecular formula is C25H36N4O2. The van der Waals surface area contributed by atoms with E-state index in [0.29, 0.717) is 0 Å². The van der Waals surface area contributed by atoms with E-state index in [9.17, 15) is 9.59 Å². The highest BCUT2D eigenvalue weighted by atomic mass is 16.1. The van der Waals surface area contributed by atoms with Crippen LogP contribution in [0.2, 0.25) is 0 Å². The number of hydrogen-bond acceptors (Lipinski definition) is 5. The average molecular weight is 425 g/mol. The number of benzene rings is 1. The number of carbonyl (C=O) groups excluding carboxylic acids is 2. The minimum atomic E-state index is -0.136. The predicted molar refractivity (Wildman–Crippen MR) is 123 cm³/mol. The maximum Gasteiger partial charge on any atom is 0.234 e. The molecule has 1 aromatic carbocycles. The van der Waals surface area contributed by atoms with E-state index in [1.54, 1.807) is 0 Å². The topological polar surface area (TPSA) is 76.4 Å². The highest BCUT2D eigenvalue weighted by molar-refractivity contribution is 5.98. The van der Waals surface area contributed by atoms with Crippen LogP contribution in [0.4, 0.5) is 5.69 Å². The van der Waals surface area contributed by atoms with Crippen molar-refractivity contribution in [3.8, 4) is 6.07 Å². The highest BCUT2D eigenvalue weighted by Crippen LogP contribution is 2.27. The largest absolute Gasteiger partial charge is 0.369 e. The van der Waals surface area contributed by atoms with Gasteiger partial charge in [-0.3, -0.25) is 14.5 Å². The molecule has 1 aliphatic heterocycles. The van der Waals surface area contributed by atoms with Crippen molar-refractivity contribution in [3.63, 3.8) is 0 Å². The molecule has 1 saturated carbocycles. The summed E-state index contributed by atoms with van der Waals surface area (Å²) in [5.41, 5.74) is 1.97. The van der Waals surface area contributed by atoms with Crippen LogP contribution in [-0.2, 0) is 4.79 Å². The normalized spacial score (nSPS) is 22.2. The lowest BCUT2D eigenvalue weighted by molar-refractivity contribution is -0.121. The lowest BCUT2D eigenvalue weighted by Crippen LogP contribution is -2.47. The predicted octanol–water partition coefficient (Wildman–Crippen LogP) is 3.63. The minimum absolute atomic E-state index is 0.0241. The molecule has 1 saturated heterocycles. The summed E-state index contributed by atoms with van der Waals surface area (Å²) in [5.74, 6) is 0.833. The molecular weight excluding hydrogens is 388 g/mol. The Bertz CT molecular complexity index is 785. The number of rotatable bonds is 8. The van der Waals surface area contributed by atoms with Gasteiger partial charge in [-0.05, 0) is 56.7 Å². The van der Waals surface area contributed by atoms with E-state index in [0.717, 1.165) is 75.6 Å². The Kier molecular flexibility index (Phi) is 8.48. The molecule has 1 heterocycles.